The van der Waals surface area contributed by atoms with Crippen LogP contribution < -0.4 is 14.8 Å². The fourth-order valence-electron chi connectivity index (χ4n) is 2.09. The first-order valence-electron chi connectivity index (χ1n) is 8.52. The van der Waals surface area contributed by atoms with E-state index >= 15 is 0 Å². The van der Waals surface area contributed by atoms with Gasteiger partial charge in [0.1, 0.15) is 42.1 Å². The summed E-state index contributed by atoms with van der Waals surface area (Å²) in [6.07, 6.45) is -0.569. The second kappa shape index (κ2) is 11.3. The minimum Gasteiger partial charge on any atom is -0.490 e. The van der Waals surface area contributed by atoms with Crippen LogP contribution in [0.4, 0.5) is 13.6 Å². The number of amides is 1. The third kappa shape index (κ3) is 7.58. The van der Waals surface area contributed by atoms with Gasteiger partial charge in [-0.2, -0.15) is 0 Å². The number of hydrogen-bond acceptors (Lipinski definition) is 5. The van der Waals surface area contributed by atoms with E-state index in [1.165, 1.54) is 6.07 Å². The number of nitrogens with one attached hydrogen (secondary N) is 1. The first kappa shape index (κ1) is 21.7. The molecule has 0 heterocycles. The van der Waals surface area contributed by atoms with Gasteiger partial charge < -0.3 is 24.3 Å². The van der Waals surface area contributed by atoms with Crippen LogP contribution in [0.2, 0.25) is 5.02 Å². The molecule has 0 fully saturated rings. The van der Waals surface area contributed by atoms with Crippen LogP contribution in [0.15, 0.2) is 36.4 Å². The molecule has 2 aromatic carbocycles. The largest absolute Gasteiger partial charge is 0.490 e. The van der Waals surface area contributed by atoms with Gasteiger partial charge in [-0.1, -0.05) is 11.6 Å². The predicted octanol–water partition coefficient (Wildman–Crippen LogP) is 4.55. The molecule has 28 heavy (non-hydrogen) atoms. The van der Waals surface area contributed by atoms with E-state index in [0.29, 0.717) is 24.7 Å². The van der Waals surface area contributed by atoms with Crippen LogP contribution in [0.3, 0.4) is 0 Å². The molecule has 1 amide bonds. The van der Waals surface area contributed by atoms with Crippen molar-refractivity contribution in [1.82, 2.24) is 5.32 Å². The molecule has 0 aromatic heterocycles. The maximum atomic E-state index is 13.2. The predicted molar refractivity (Wildman–Crippen MR) is 99.2 cm³/mol. The van der Waals surface area contributed by atoms with Gasteiger partial charge in [0.25, 0.3) is 0 Å². The normalized spacial score (nSPS) is 10.4. The van der Waals surface area contributed by atoms with Crippen molar-refractivity contribution in [3.05, 3.63) is 53.1 Å². The summed E-state index contributed by atoms with van der Waals surface area (Å²) in [4.78, 5) is 11.4. The number of carbonyl (C=O) groups is 1. The Morgan fingerprint density at radius 1 is 1.04 bits per heavy atom. The summed E-state index contributed by atoms with van der Waals surface area (Å²) in [5.41, 5.74) is 0. The van der Waals surface area contributed by atoms with Crippen molar-refractivity contribution in [2.24, 2.45) is 0 Å². The maximum absolute atomic E-state index is 13.2. The first-order valence-corrected chi connectivity index (χ1v) is 8.90. The minimum atomic E-state index is -0.745. The van der Waals surface area contributed by atoms with Gasteiger partial charge >= 0.3 is 6.09 Å². The quantitative estimate of drug-likeness (QED) is 0.576. The van der Waals surface area contributed by atoms with E-state index in [2.05, 4.69) is 5.32 Å². The van der Waals surface area contributed by atoms with Gasteiger partial charge in [-0.3, -0.25) is 0 Å². The Kier molecular flexibility index (Phi) is 8.77. The van der Waals surface area contributed by atoms with Crippen molar-refractivity contribution in [2.75, 3.05) is 33.0 Å². The second-order valence-corrected chi connectivity index (χ2v) is 5.81. The van der Waals surface area contributed by atoms with Gasteiger partial charge in [-0.25, -0.2) is 13.6 Å². The van der Waals surface area contributed by atoms with Crippen molar-refractivity contribution >= 4 is 17.7 Å². The lowest BCUT2D eigenvalue weighted by Crippen LogP contribution is -2.29. The molecule has 0 aliphatic rings. The second-order valence-electron chi connectivity index (χ2n) is 5.41. The molecule has 0 saturated carbocycles. The van der Waals surface area contributed by atoms with Crippen molar-refractivity contribution in [1.29, 1.82) is 0 Å². The molecule has 0 spiro atoms. The molecule has 152 valence electrons. The molecule has 2 rings (SSSR count). The van der Waals surface area contributed by atoms with Gasteiger partial charge in [-0.05, 0) is 19.1 Å². The van der Waals surface area contributed by atoms with Crippen LogP contribution in [0.25, 0.3) is 0 Å². The zero-order valence-electron chi connectivity index (χ0n) is 15.2. The summed E-state index contributed by atoms with van der Waals surface area (Å²) < 4.78 is 47.2. The van der Waals surface area contributed by atoms with E-state index in [1.54, 1.807) is 12.1 Å². The van der Waals surface area contributed by atoms with Crippen LogP contribution in [0, 0.1) is 11.6 Å². The molecule has 0 bridgehead atoms. The highest BCUT2D eigenvalue weighted by Gasteiger charge is 2.08. The Morgan fingerprint density at radius 3 is 2.46 bits per heavy atom. The van der Waals surface area contributed by atoms with E-state index in [9.17, 15) is 13.6 Å². The van der Waals surface area contributed by atoms with Gasteiger partial charge in [0.2, 0.25) is 0 Å². The summed E-state index contributed by atoms with van der Waals surface area (Å²) in [6.45, 7) is 3.29. The Hall–Kier alpha value is -2.58. The van der Waals surface area contributed by atoms with E-state index < -0.39 is 17.7 Å². The van der Waals surface area contributed by atoms with E-state index in [1.807, 2.05) is 6.92 Å². The maximum Gasteiger partial charge on any atom is 0.407 e. The molecular formula is C19H20ClF2NO5. The zero-order valence-corrected chi connectivity index (χ0v) is 15.9. The van der Waals surface area contributed by atoms with Crippen LogP contribution in [-0.4, -0.2) is 39.1 Å². The molecule has 0 aliphatic carbocycles. The highest BCUT2D eigenvalue weighted by molar-refractivity contribution is 6.32. The third-order valence-corrected chi connectivity index (χ3v) is 3.56. The molecule has 0 unspecified atom stereocenters. The highest BCUT2D eigenvalue weighted by Crippen LogP contribution is 2.31. The Bertz CT molecular complexity index is 771. The van der Waals surface area contributed by atoms with Crippen LogP contribution in [0.1, 0.15) is 6.92 Å². The van der Waals surface area contributed by atoms with Gasteiger partial charge in [0, 0.05) is 30.9 Å². The zero-order chi connectivity index (χ0) is 20.4. The fraction of sp³-hybridized carbons (Fsp3) is 0.316. The standard InChI is InChI=1S/C19H20ClF2NO5/c1-2-25-7-8-27-19(24)23-5-6-26-18-4-3-15(12-17(18)20)28-16-10-13(21)9-14(22)11-16/h3-4,9-12H,2,5-8H2,1H3,(H,23,24). The molecule has 2 aromatic rings. The lowest BCUT2D eigenvalue weighted by atomic mass is 10.3. The van der Waals surface area contributed by atoms with E-state index in [-0.39, 0.29) is 30.5 Å². The molecule has 0 aliphatic heterocycles. The van der Waals surface area contributed by atoms with Crippen LogP contribution in [-0.2, 0) is 9.47 Å². The van der Waals surface area contributed by atoms with Crippen LogP contribution in [0.5, 0.6) is 17.2 Å². The molecule has 9 heteroatoms. The summed E-state index contributed by atoms with van der Waals surface area (Å²) in [7, 11) is 0. The van der Waals surface area contributed by atoms with E-state index in [4.69, 9.17) is 30.5 Å². The Balaban J connectivity index is 1.77. The van der Waals surface area contributed by atoms with Crippen molar-refractivity contribution in [3.63, 3.8) is 0 Å². The summed E-state index contributed by atoms with van der Waals surface area (Å²) in [6, 6.07) is 7.41. The molecule has 6 nitrogen and oxygen atoms in total. The monoisotopic (exact) mass is 415 g/mol. The van der Waals surface area contributed by atoms with Crippen molar-refractivity contribution in [3.8, 4) is 17.2 Å². The number of carbonyl (C=O) groups excluding carboxylic acids is 1. The Morgan fingerprint density at radius 2 is 1.79 bits per heavy atom. The lowest BCUT2D eigenvalue weighted by molar-refractivity contribution is 0.0784. The third-order valence-electron chi connectivity index (χ3n) is 3.27. The smallest absolute Gasteiger partial charge is 0.407 e. The number of halogens is 3. The van der Waals surface area contributed by atoms with Crippen molar-refractivity contribution < 1.29 is 32.5 Å². The molecule has 0 radical (unpaired) electrons. The molecule has 1 N–H and O–H groups in total. The fourth-order valence-corrected chi connectivity index (χ4v) is 2.31. The Labute approximate surface area is 166 Å². The topological polar surface area (TPSA) is 66.0 Å². The number of rotatable bonds is 10. The SMILES string of the molecule is CCOCCOC(=O)NCCOc1ccc(Oc2cc(F)cc(F)c2)cc1Cl. The lowest BCUT2D eigenvalue weighted by Gasteiger charge is -2.11. The number of alkyl carbamates (subject to hydrolysis) is 1. The molecule has 0 saturated heterocycles. The number of hydrogen-bond donors (Lipinski definition) is 1. The van der Waals surface area contributed by atoms with Gasteiger partial charge in [0.05, 0.1) is 18.2 Å². The molecule has 0 atom stereocenters. The number of benzene rings is 2. The van der Waals surface area contributed by atoms with Crippen LogP contribution >= 0.6 is 11.6 Å². The number of ether oxygens (including phenoxy) is 4. The highest BCUT2D eigenvalue weighted by atomic mass is 35.5. The first-order chi connectivity index (χ1) is 13.5. The molecular weight excluding hydrogens is 396 g/mol. The summed E-state index contributed by atoms with van der Waals surface area (Å²) >= 11 is 6.12. The summed E-state index contributed by atoms with van der Waals surface area (Å²) in [5.74, 6) is -0.825. The van der Waals surface area contributed by atoms with Gasteiger partial charge in [0.15, 0.2) is 0 Å². The average molecular weight is 416 g/mol. The average Bonchev–Trinajstić information content (AvgIpc) is 2.63. The minimum absolute atomic E-state index is 0.00860. The van der Waals surface area contributed by atoms with Crippen molar-refractivity contribution in [2.45, 2.75) is 6.92 Å². The van der Waals surface area contributed by atoms with Gasteiger partial charge in [-0.15, -0.1) is 0 Å². The summed E-state index contributed by atoms with van der Waals surface area (Å²) in [5, 5.41) is 2.77. The van der Waals surface area contributed by atoms with E-state index in [0.717, 1.165) is 18.2 Å².